The van der Waals surface area contributed by atoms with Gasteiger partial charge >= 0.3 is 5.97 Å². The number of nitrogens with zero attached hydrogens (tertiary/aromatic N) is 1. The SMILES string of the molecule is COc1ccccc1-c1nc(C(=O)OCc2ccccc2)c(-c2ccccc2OC)o1. The smallest absolute Gasteiger partial charge is 0.361 e. The Kier molecular flexibility index (Phi) is 5.98. The quantitative estimate of drug-likeness (QED) is 0.377. The van der Waals surface area contributed by atoms with E-state index in [1.165, 1.54) is 0 Å². The van der Waals surface area contributed by atoms with Crippen molar-refractivity contribution in [3.8, 4) is 34.3 Å². The van der Waals surface area contributed by atoms with Crippen LogP contribution in [0, 0.1) is 0 Å². The minimum Gasteiger partial charge on any atom is -0.496 e. The maximum Gasteiger partial charge on any atom is 0.361 e. The van der Waals surface area contributed by atoms with Crippen LogP contribution in [0.4, 0.5) is 0 Å². The van der Waals surface area contributed by atoms with Gasteiger partial charge in [-0.25, -0.2) is 9.78 Å². The molecule has 6 nitrogen and oxygen atoms in total. The maximum atomic E-state index is 13.0. The highest BCUT2D eigenvalue weighted by molar-refractivity contribution is 5.95. The second kappa shape index (κ2) is 9.17. The van der Waals surface area contributed by atoms with E-state index in [2.05, 4.69) is 4.98 Å². The Balaban J connectivity index is 1.77. The molecule has 0 radical (unpaired) electrons. The van der Waals surface area contributed by atoms with Crippen molar-refractivity contribution in [2.75, 3.05) is 14.2 Å². The molecule has 0 fully saturated rings. The fourth-order valence-corrected chi connectivity index (χ4v) is 3.20. The molecular formula is C25H21NO5. The van der Waals surface area contributed by atoms with Crippen LogP contribution in [0.15, 0.2) is 83.3 Å². The summed E-state index contributed by atoms with van der Waals surface area (Å²) in [6.07, 6.45) is 0. The Hall–Kier alpha value is -4.06. The molecule has 0 aliphatic rings. The van der Waals surface area contributed by atoms with Gasteiger partial charge in [0.1, 0.15) is 18.1 Å². The average Bonchev–Trinajstić information content (AvgIpc) is 3.28. The molecule has 0 atom stereocenters. The van der Waals surface area contributed by atoms with E-state index in [-0.39, 0.29) is 24.0 Å². The zero-order valence-corrected chi connectivity index (χ0v) is 17.2. The number of hydrogen-bond donors (Lipinski definition) is 0. The van der Waals surface area contributed by atoms with Crippen LogP contribution in [0.2, 0.25) is 0 Å². The van der Waals surface area contributed by atoms with Crippen LogP contribution in [0.1, 0.15) is 16.1 Å². The summed E-state index contributed by atoms with van der Waals surface area (Å²) in [5, 5.41) is 0. The first kappa shape index (κ1) is 20.2. The standard InChI is InChI=1S/C25H21NO5/c1-28-20-14-8-6-12-18(20)23-22(25(27)30-16-17-10-4-3-5-11-17)26-24(31-23)19-13-7-9-15-21(19)29-2/h3-15H,16H2,1-2H3. The minimum atomic E-state index is -0.588. The maximum absolute atomic E-state index is 13.0. The van der Waals surface area contributed by atoms with Gasteiger partial charge in [0, 0.05) is 0 Å². The van der Waals surface area contributed by atoms with Crippen molar-refractivity contribution in [1.82, 2.24) is 4.98 Å². The lowest BCUT2D eigenvalue weighted by Gasteiger charge is -2.07. The number of ether oxygens (including phenoxy) is 3. The third-order valence-electron chi connectivity index (χ3n) is 4.72. The van der Waals surface area contributed by atoms with Gasteiger partial charge in [-0.15, -0.1) is 0 Å². The van der Waals surface area contributed by atoms with E-state index >= 15 is 0 Å². The molecule has 3 aromatic carbocycles. The van der Waals surface area contributed by atoms with Gasteiger partial charge in [0.2, 0.25) is 5.89 Å². The summed E-state index contributed by atoms with van der Waals surface area (Å²) < 4.78 is 22.5. The Morgan fingerprint density at radius 3 is 2.06 bits per heavy atom. The largest absolute Gasteiger partial charge is 0.496 e. The van der Waals surface area contributed by atoms with Gasteiger partial charge in [-0.05, 0) is 29.8 Å². The van der Waals surface area contributed by atoms with E-state index in [9.17, 15) is 4.79 Å². The van der Waals surface area contributed by atoms with Gasteiger partial charge in [0.15, 0.2) is 11.5 Å². The van der Waals surface area contributed by atoms with Crippen LogP contribution in [0.3, 0.4) is 0 Å². The van der Waals surface area contributed by atoms with Crippen molar-refractivity contribution >= 4 is 5.97 Å². The molecule has 0 spiro atoms. The third-order valence-corrected chi connectivity index (χ3v) is 4.72. The zero-order valence-electron chi connectivity index (χ0n) is 17.2. The van der Waals surface area contributed by atoms with Gasteiger partial charge in [-0.1, -0.05) is 54.6 Å². The van der Waals surface area contributed by atoms with Crippen LogP contribution >= 0.6 is 0 Å². The summed E-state index contributed by atoms with van der Waals surface area (Å²) in [5.41, 5.74) is 2.18. The lowest BCUT2D eigenvalue weighted by molar-refractivity contribution is 0.0467. The highest BCUT2D eigenvalue weighted by Crippen LogP contribution is 2.38. The summed E-state index contributed by atoms with van der Waals surface area (Å²) in [4.78, 5) is 17.5. The molecule has 31 heavy (non-hydrogen) atoms. The molecule has 6 heteroatoms. The normalized spacial score (nSPS) is 10.5. The molecule has 156 valence electrons. The topological polar surface area (TPSA) is 70.8 Å². The number of oxazole rings is 1. The van der Waals surface area contributed by atoms with E-state index < -0.39 is 5.97 Å². The highest BCUT2D eigenvalue weighted by atomic mass is 16.5. The van der Waals surface area contributed by atoms with Gasteiger partial charge in [-0.2, -0.15) is 0 Å². The molecule has 0 aliphatic carbocycles. The lowest BCUT2D eigenvalue weighted by atomic mass is 10.1. The summed E-state index contributed by atoms with van der Waals surface area (Å²) in [7, 11) is 3.13. The van der Waals surface area contributed by atoms with Gasteiger partial charge in [-0.3, -0.25) is 0 Å². The van der Waals surface area contributed by atoms with Crippen LogP contribution in [-0.4, -0.2) is 25.2 Å². The predicted molar refractivity (Wildman–Crippen MR) is 116 cm³/mol. The molecule has 0 aliphatic heterocycles. The molecule has 0 saturated heterocycles. The summed E-state index contributed by atoms with van der Waals surface area (Å²) in [6.45, 7) is 0.127. The Bertz CT molecular complexity index is 1180. The number of rotatable bonds is 7. The molecule has 0 unspecified atom stereocenters. The highest BCUT2D eigenvalue weighted by Gasteiger charge is 2.26. The fourth-order valence-electron chi connectivity index (χ4n) is 3.20. The summed E-state index contributed by atoms with van der Waals surface area (Å²) in [6, 6.07) is 24.0. The first-order valence-electron chi connectivity index (χ1n) is 9.70. The second-order valence-corrected chi connectivity index (χ2v) is 6.66. The van der Waals surface area contributed by atoms with E-state index in [0.717, 1.165) is 5.56 Å². The van der Waals surface area contributed by atoms with E-state index in [4.69, 9.17) is 18.6 Å². The monoisotopic (exact) mass is 415 g/mol. The van der Waals surface area contributed by atoms with Crippen molar-refractivity contribution in [3.05, 3.63) is 90.1 Å². The lowest BCUT2D eigenvalue weighted by Crippen LogP contribution is -2.07. The number of hydrogen-bond acceptors (Lipinski definition) is 6. The number of carbonyl (C=O) groups is 1. The van der Waals surface area contributed by atoms with Crippen LogP contribution in [0.25, 0.3) is 22.8 Å². The zero-order chi connectivity index (χ0) is 21.6. The number of methoxy groups -OCH3 is 2. The first-order valence-corrected chi connectivity index (χ1v) is 9.70. The van der Waals surface area contributed by atoms with Crippen molar-refractivity contribution in [2.45, 2.75) is 6.61 Å². The van der Waals surface area contributed by atoms with Gasteiger partial charge in [0.25, 0.3) is 0 Å². The Morgan fingerprint density at radius 2 is 1.39 bits per heavy atom. The predicted octanol–water partition coefficient (Wildman–Crippen LogP) is 5.38. The molecule has 4 rings (SSSR count). The molecule has 1 heterocycles. The summed E-state index contributed by atoms with van der Waals surface area (Å²) in [5.74, 6) is 1.08. The molecule has 0 saturated carbocycles. The third kappa shape index (κ3) is 4.28. The van der Waals surface area contributed by atoms with Crippen LogP contribution in [0.5, 0.6) is 11.5 Å². The number of carbonyl (C=O) groups excluding carboxylic acids is 1. The van der Waals surface area contributed by atoms with Crippen molar-refractivity contribution in [3.63, 3.8) is 0 Å². The first-order chi connectivity index (χ1) is 15.2. The Labute approximate surface area is 180 Å². The molecule has 0 N–H and O–H groups in total. The average molecular weight is 415 g/mol. The number of aromatic nitrogens is 1. The minimum absolute atomic E-state index is 0.0707. The molecule has 1 aromatic heterocycles. The van der Waals surface area contributed by atoms with Crippen molar-refractivity contribution < 1.29 is 23.4 Å². The van der Waals surface area contributed by atoms with E-state index in [1.54, 1.807) is 32.4 Å². The van der Waals surface area contributed by atoms with Gasteiger partial charge < -0.3 is 18.6 Å². The van der Waals surface area contributed by atoms with Crippen LogP contribution in [-0.2, 0) is 11.3 Å². The van der Waals surface area contributed by atoms with Crippen molar-refractivity contribution in [1.29, 1.82) is 0 Å². The molecule has 0 bridgehead atoms. The Morgan fingerprint density at radius 1 is 0.806 bits per heavy atom. The molecule has 0 amide bonds. The van der Waals surface area contributed by atoms with E-state index in [0.29, 0.717) is 22.6 Å². The number of benzene rings is 3. The fraction of sp³-hybridized carbons (Fsp3) is 0.120. The second-order valence-electron chi connectivity index (χ2n) is 6.66. The number of esters is 1. The summed E-state index contributed by atoms with van der Waals surface area (Å²) >= 11 is 0. The van der Waals surface area contributed by atoms with Gasteiger partial charge in [0.05, 0.1) is 25.3 Å². The number of para-hydroxylation sites is 2. The van der Waals surface area contributed by atoms with Crippen LogP contribution < -0.4 is 9.47 Å². The van der Waals surface area contributed by atoms with E-state index in [1.807, 2.05) is 60.7 Å². The molecular weight excluding hydrogens is 394 g/mol. The molecule has 4 aromatic rings. The van der Waals surface area contributed by atoms with Crippen molar-refractivity contribution in [2.24, 2.45) is 0 Å².